The van der Waals surface area contributed by atoms with E-state index in [0.29, 0.717) is 21.6 Å². The molecule has 0 atom stereocenters. The second-order valence-corrected chi connectivity index (χ2v) is 11.4. The van der Waals surface area contributed by atoms with Crippen LogP contribution in [0.2, 0.25) is 0 Å². The van der Waals surface area contributed by atoms with Gasteiger partial charge in [0, 0.05) is 4.88 Å². The van der Waals surface area contributed by atoms with E-state index in [0.717, 1.165) is 11.3 Å². The van der Waals surface area contributed by atoms with Crippen molar-refractivity contribution < 1.29 is 27.9 Å². The van der Waals surface area contributed by atoms with Crippen molar-refractivity contribution in [3.63, 3.8) is 0 Å². The highest BCUT2D eigenvalue weighted by Gasteiger charge is 2.27. The summed E-state index contributed by atoms with van der Waals surface area (Å²) in [5, 5.41) is 9.11. The molecule has 1 heterocycles. The van der Waals surface area contributed by atoms with Gasteiger partial charge in [0.2, 0.25) is 0 Å². The maximum absolute atomic E-state index is 13.1. The molecule has 0 radical (unpaired) electrons. The summed E-state index contributed by atoms with van der Waals surface area (Å²) < 4.78 is 31.8. The average Bonchev–Trinajstić information content (AvgIpc) is 3.10. The summed E-state index contributed by atoms with van der Waals surface area (Å²) in [6.45, 7) is 6.96. The van der Waals surface area contributed by atoms with Crippen molar-refractivity contribution >= 4 is 33.1 Å². The molecular formula is C24H24O6S2. The molecule has 3 aromatic rings. The van der Waals surface area contributed by atoms with Crippen LogP contribution in [0.25, 0.3) is 10.4 Å². The van der Waals surface area contributed by atoms with Gasteiger partial charge in [-0.05, 0) is 68.7 Å². The number of sulfone groups is 1. The molecule has 32 heavy (non-hydrogen) atoms. The Morgan fingerprint density at radius 3 is 2.22 bits per heavy atom. The zero-order valence-electron chi connectivity index (χ0n) is 18.2. The first kappa shape index (κ1) is 23.7. The predicted molar refractivity (Wildman–Crippen MR) is 124 cm³/mol. The van der Waals surface area contributed by atoms with E-state index in [1.165, 1.54) is 12.1 Å². The second kappa shape index (κ2) is 8.88. The fourth-order valence-electron chi connectivity index (χ4n) is 3.14. The summed E-state index contributed by atoms with van der Waals surface area (Å²) in [6, 6.07) is 14.6. The van der Waals surface area contributed by atoms with Gasteiger partial charge in [-0.15, -0.1) is 11.3 Å². The van der Waals surface area contributed by atoms with Crippen LogP contribution in [0.1, 0.15) is 51.9 Å². The zero-order chi connectivity index (χ0) is 23.7. The molecule has 0 spiro atoms. The fraction of sp³-hybridized carbons (Fsp3) is 0.250. The zero-order valence-corrected chi connectivity index (χ0v) is 19.8. The monoisotopic (exact) mass is 472 g/mol. The van der Waals surface area contributed by atoms with E-state index in [1.807, 2.05) is 0 Å². The Balaban J connectivity index is 2.06. The van der Waals surface area contributed by atoms with Crippen LogP contribution in [0.3, 0.4) is 0 Å². The minimum absolute atomic E-state index is 0.139. The van der Waals surface area contributed by atoms with Gasteiger partial charge < -0.3 is 9.84 Å². The number of rotatable bonds is 6. The lowest BCUT2D eigenvalue weighted by atomic mass is 10.1. The van der Waals surface area contributed by atoms with Gasteiger partial charge in [0.15, 0.2) is 9.84 Å². The molecule has 0 aliphatic heterocycles. The molecule has 0 saturated heterocycles. The lowest BCUT2D eigenvalue weighted by Crippen LogP contribution is -2.24. The summed E-state index contributed by atoms with van der Waals surface area (Å²) in [4.78, 5) is 25.1. The molecule has 0 aliphatic rings. The predicted octanol–water partition coefficient (Wildman–Crippen LogP) is 5.35. The molecule has 2 aromatic carbocycles. The Morgan fingerprint density at radius 2 is 1.66 bits per heavy atom. The maximum Gasteiger partial charge on any atom is 0.349 e. The van der Waals surface area contributed by atoms with E-state index in [4.69, 9.17) is 9.84 Å². The minimum Gasteiger partial charge on any atom is -0.478 e. The molecule has 0 amide bonds. The Morgan fingerprint density at radius 1 is 1.03 bits per heavy atom. The van der Waals surface area contributed by atoms with Gasteiger partial charge >= 0.3 is 11.9 Å². The molecule has 8 heteroatoms. The topological polar surface area (TPSA) is 97.7 Å². The van der Waals surface area contributed by atoms with Crippen LogP contribution in [-0.2, 0) is 20.3 Å². The molecule has 6 nitrogen and oxygen atoms in total. The van der Waals surface area contributed by atoms with Crippen molar-refractivity contribution in [3.05, 3.63) is 76.2 Å². The van der Waals surface area contributed by atoms with Crippen LogP contribution in [-0.4, -0.2) is 31.1 Å². The number of carbonyl (C=O) groups excluding carboxylic acids is 1. The Hall–Kier alpha value is -2.97. The van der Waals surface area contributed by atoms with Crippen molar-refractivity contribution in [2.45, 2.75) is 43.9 Å². The van der Waals surface area contributed by atoms with Gasteiger partial charge in [-0.1, -0.05) is 30.3 Å². The number of carboxylic acid groups (broad SMARTS) is 1. The molecule has 0 aliphatic carbocycles. The van der Waals surface area contributed by atoms with Crippen LogP contribution in [0.4, 0.5) is 0 Å². The highest BCUT2D eigenvalue weighted by Crippen LogP contribution is 2.35. The third kappa shape index (κ3) is 5.44. The van der Waals surface area contributed by atoms with Gasteiger partial charge in [-0.3, -0.25) is 0 Å². The third-order valence-corrected chi connectivity index (χ3v) is 7.61. The molecule has 0 unspecified atom stereocenters. The molecule has 1 aromatic heterocycles. The number of esters is 1. The van der Waals surface area contributed by atoms with Crippen molar-refractivity contribution in [2.75, 3.05) is 0 Å². The third-order valence-electron chi connectivity index (χ3n) is 4.58. The number of aromatic carboxylic acids is 1. The Bertz CT molecular complexity index is 1260. The highest BCUT2D eigenvalue weighted by molar-refractivity contribution is 7.90. The van der Waals surface area contributed by atoms with Crippen LogP contribution < -0.4 is 0 Å². The normalized spacial score (nSPS) is 11.9. The second-order valence-electron chi connectivity index (χ2n) is 8.37. The summed E-state index contributed by atoms with van der Waals surface area (Å²) in [5.41, 5.74) is 1.07. The van der Waals surface area contributed by atoms with Crippen molar-refractivity contribution in [1.29, 1.82) is 0 Å². The smallest absolute Gasteiger partial charge is 0.349 e. The van der Waals surface area contributed by atoms with Gasteiger partial charge in [-0.25, -0.2) is 18.0 Å². The number of hydrogen-bond acceptors (Lipinski definition) is 6. The largest absolute Gasteiger partial charge is 0.478 e. The molecule has 168 valence electrons. The number of thiophene rings is 1. The molecular weight excluding hydrogens is 448 g/mol. The first-order chi connectivity index (χ1) is 14.9. The van der Waals surface area contributed by atoms with Crippen molar-refractivity contribution in [2.24, 2.45) is 0 Å². The number of hydrogen-bond donors (Lipinski definition) is 1. The molecule has 0 fully saturated rings. The summed E-state index contributed by atoms with van der Waals surface area (Å²) >= 11 is 1.13. The highest BCUT2D eigenvalue weighted by atomic mass is 32.2. The van der Waals surface area contributed by atoms with Gasteiger partial charge in [-0.2, -0.15) is 0 Å². The van der Waals surface area contributed by atoms with E-state index < -0.39 is 27.4 Å². The summed E-state index contributed by atoms with van der Waals surface area (Å²) in [6.07, 6.45) is 0. The van der Waals surface area contributed by atoms with Crippen molar-refractivity contribution in [1.82, 2.24) is 0 Å². The SMILES string of the molecule is Cc1ccccc1S(=O)(=O)Cc1cc(-c2ccc(C(=O)O)cc2)sc1C(=O)OC(C)(C)C. The molecule has 0 saturated carbocycles. The number of ether oxygens (including phenoxy) is 1. The van der Waals surface area contributed by atoms with Crippen LogP contribution >= 0.6 is 11.3 Å². The molecule has 0 bridgehead atoms. The number of carbonyl (C=O) groups is 2. The van der Waals surface area contributed by atoms with Crippen LogP contribution in [0.5, 0.6) is 0 Å². The van der Waals surface area contributed by atoms with Crippen LogP contribution in [0.15, 0.2) is 59.5 Å². The van der Waals surface area contributed by atoms with E-state index in [1.54, 1.807) is 70.2 Å². The number of aryl methyl sites for hydroxylation is 1. The van der Waals surface area contributed by atoms with Crippen LogP contribution in [0, 0.1) is 6.92 Å². The van der Waals surface area contributed by atoms with Gasteiger partial charge in [0.05, 0.1) is 16.2 Å². The van der Waals surface area contributed by atoms with Crippen molar-refractivity contribution in [3.8, 4) is 10.4 Å². The Kier molecular flexibility index (Phi) is 6.57. The van der Waals surface area contributed by atoms with E-state index >= 15 is 0 Å². The first-order valence-electron chi connectivity index (χ1n) is 9.85. The number of benzene rings is 2. The number of carboxylic acids is 1. The summed E-state index contributed by atoms with van der Waals surface area (Å²) in [5.74, 6) is -1.98. The first-order valence-corrected chi connectivity index (χ1v) is 12.3. The minimum atomic E-state index is -3.71. The lowest BCUT2D eigenvalue weighted by molar-refractivity contribution is 0.00742. The standard InChI is InChI=1S/C24H24O6S2/c1-15-7-5-6-8-20(15)32(28,29)14-18-13-19(16-9-11-17(12-10-16)22(25)26)31-21(18)23(27)30-24(2,3)4/h5-13H,14H2,1-4H3,(H,25,26). The summed E-state index contributed by atoms with van der Waals surface area (Å²) in [7, 11) is -3.71. The Labute approximate surface area is 191 Å². The molecule has 1 N–H and O–H groups in total. The molecule has 3 rings (SSSR count). The maximum atomic E-state index is 13.1. The van der Waals surface area contributed by atoms with E-state index in [9.17, 15) is 18.0 Å². The van der Waals surface area contributed by atoms with E-state index in [-0.39, 0.29) is 21.1 Å². The quantitative estimate of drug-likeness (QED) is 0.486. The van der Waals surface area contributed by atoms with E-state index in [2.05, 4.69) is 0 Å². The average molecular weight is 473 g/mol. The lowest BCUT2D eigenvalue weighted by Gasteiger charge is -2.19. The fourth-order valence-corrected chi connectivity index (χ4v) is 5.93. The van der Waals surface area contributed by atoms with Gasteiger partial charge in [0.1, 0.15) is 10.5 Å². The van der Waals surface area contributed by atoms with Gasteiger partial charge in [0.25, 0.3) is 0 Å².